The molecule has 6 nitrogen and oxygen atoms in total. The first-order chi connectivity index (χ1) is 15.9. The Hall–Kier alpha value is -1.54. The zero-order valence-electron chi connectivity index (χ0n) is 18.3. The summed E-state index contributed by atoms with van der Waals surface area (Å²) in [5, 5.41) is 1.17. The molecule has 176 valence electrons. The van der Waals surface area contributed by atoms with Gasteiger partial charge in [0.05, 0.1) is 72.3 Å². The molecule has 0 amide bonds. The molecule has 8 heteroatoms. The second-order valence-corrected chi connectivity index (χ2v) is 10.5. The van der Waals surface area contributed by atoms with Crippen LogP contribution in [-0.2, 0) is 37.2 Å². The topological polar surface area (TPSA) is 102 Å². The normalized spacial score (nSPS) is 28.9. The van der Waals surface area contributed by atoms with Crippen LogP contribution in [0.4, 0.5) is 11.4 Å². The van der Waals surface area contributed by atoms with Crippen molar-refractivity contribution in [1.82, 2.24) is 0 Å². The van der Waals surface area contributed by atoms with Gasteiger partial charge in [0.2, 0.25) is 0 Å². The SMILES string of the molecule is Nc1ccc(C(CC2CO2)(CC2CO2)c2cc(CC3CO3)c(N)c(Cl)c2CC2CO2)cc1Cl. The fraction of sp³-hybridized carbons (Fsp3) is 0.520. The van der Waals surface area contributed by atoms with Crippen LogP contribution < -0.4 is 11.5 Å². The Labute approximate surface area is 203 Å². The predicted molar refractivity (Wildman–Crippen MR) is 128 cm³/mol. The Morgan fingerprint density at radius 3 is 1.94 bits per heavy atom. The van der Waals surface area contributed by atoms with Gasteiger partial charge in [-0.2, -0.15) is 0 Å². The molecule has 4 saturated heterocycles. The number of nitrogen functional groups attached to an aromatic ring is 2. The van der Waals surface area contributed by atoms with Crippen LogP contribution >= 0.6 is 23.2 Å². The summed E-state index contributed by atoms with van der Waals surface area (Å²) >= 11 is 13.5. The van der Waals surface area contributed by atoms with E-state index in [2.05, 4.69) is 12.1 Å². The standard InChI is InChI=1S/C25H28Cl2N2O4/c26-21-5-14(1-2-22(21)28)25(7-17-11-32-17,8-18-12-33-18)20-4-13(3-15-9-30-15)24(29)23(27)19(20)6-16-10-31-16/h1-2,4-5,15-18H,3,6-12,28-29H2. The molecule has 2 aromatic carbocycles. The van der Waals surface area contributed by atoms with Gasteiger partial charge in [0.1, 0.15) is 0 Å². The van der Waals surface area contributed by atoms with E-state index in [-0.39, 0.29) is 24.4 Å². The van der Waals surface area contributed by atoms with Crippen LogP contribution in [0.25, 0.3) is 0 Å². The molecule has 4 N–H and O–H groups in total. The first-order valence-electron chi connectivity index (χ1n) is 11.5. The van der Waals surface area contributed by atoms with Crippen molar-refractivity contribution < 1.29 is 18.9 Å². The molecule has 0 bridgehead atoms. The number of ether oxygens (including phenoxy) is 4. The molecule has 6 rings (SSSR count). The fourth-order valence-corrected chi connectivity index (χ4v) is 5.55. The largest absolute Gasteiger partial charge is 0.398 e. The summed E-state index contributed by atoms with van der Waals surface area (Å²) in [6, 6.07) is 8.20. The van der Waals surface area contributed by atoms with E-state index in [0.717, 1.165) is 68.8 Å². The first-order valence-corrected chi connectivity index (χ1v) is 12.3. The highest BCUT2D eigenvalue weighted by molar-refractivity contribution is 6.34. The Morgan fingerprint density at radius 2 is 1.39 bits per heavy atom. The average Bonchev–Trinajstić information content (AvgIpc) is 3.61. The zero-order valence-corrected chi connectivity index (χ0v) is 19.8. The summed E-state index contributed by atoms with van der Waals surface area (Å²) in [6.07, 6.45) is 3.81. The number of hydrogen-bond acceptors (Lipinski definition) is 6. The van der Waals surface area contributed by atoms with E-state index < -0.39 is 5.41 Å². The van der Waals surface area contributed by atoms with Crippen molar-refractivity contribution in [2.75, 3.05) is 37.9 Å². The number of epoxide rings is 4. The molecule has 4 aliphatic heterocycles. The highest BCUT2D eigenvalue weighted by Gasteiger charge is 2.47. The molecule has 4 atom stereocenters. The predicted octanol–water partition coefficient (Wildman–Crippen LogP) is 3.90. The summed E-state index contributed by atoms with van der Waals surface area (Å²) in [4.78, 5) is 0. The summed E-state index contributed by atoms with van der Waals surface area (Å²) in [5.41, 5.74) is 17.8. The van der Waals surface area contributed by atoms with E-state index in [1.807, 2.05) is 12.1 Å². The quantitative estimate of drug-likeness (QED) is 0.386. The smallest absolute Gasteiger partial charge is 0.0850 e. The molecule has 0 spiro atoms. The Kier molecular flexibility index (Phi) is 5.52. The van der Waals surface area contributed by atoms with E-state index in [4.69, 9.17) is 53.6 Å². The molecular weight excluding hydrogens is 463 g/mol. The third kappa shape index (κ3) is 4.57. The summed E-state index contributed by atoms with van der Waals surface area (Å²) in [6.45, 7) is 3.01. The van der Waals surface area contributed by atoms with E-state index in [9.17, 15) is 0 Å². The zero-order chi connectivity index (χ0) is 22.7. The summed E-state index contributed by atoms with van der Waals surface area (Å²) in [5.74, 6) is 0. The molecule has 4 unspecified atom stereocenters. The Balaban J connectivity index is 1.56. The molecule has 4 heterocycles. The van der Waals surface area contributed by atoms with Gasteiger partial charge in [-0.3, -0.25) is 0 Å². The first kappa shape index (κ1) is 22.0. The lowest BCUT2D eigenvalue weighted by Gasteiger charge is -2.38. The van der Waals surface area contributed by atoms with Crippen LogP contribution in [0.2, 0.25) is 10.0 Å². The van der Waals surface area contributed by atoms with Crippen LogP contribution in [0.15, 0.2) is 24.3 Å². The van der Waals surface area contributed by atoms with E-state index >= 15 is 0 Å². The monoisotopic (exact) mass is 490 g/mol. The van der Waals surface area contributed by atoms with Crippen molar-refractivity contribution in [2.45, 2.75) is 55.5 Å². The van der Waals surface area contributed by atoms with Crippen LogP contribution in [0.5, 0.6) is 0 Å². The van der Waals surface area contributed by atoms with Crippen molar-refractivity contribution in [2.24, 2.45) is 0 Å². The van der Waals surface area contributed by atoms with Gasteiger partial charge < -0.3 is 30.4 Å². The van der Waals surface area contributed by atoms with E-state index in [0.29, 0.717) is 21.4 Å². The number of halogens is 2. The summed E-state index contributed by atoms with van der Waals surface area (Å²) in [7, 11) is 0. The van der Waals surface area contributed by atoms with Gasteiger partial charge in [0.25, 0.3) is 0 Å². The number of nitrogens with two attached hydrogens (primary N) is 2. The molecule has 4 aliphatic rings. The van der Waals surface area contributed by atoms with Crippen molar-refractivity contribution >= 4 is 34.6 Å². The van der Waals surface area contributed by atoms with Gasteiger partial charge >= 0.3 is 0 Å². The lowest BCUT2D eigenvalue weighted by atomic mass is 9.66. The second kappa shape index (κ2) is 8.29. The molecule has 33 heavy (non-hydrogen) atoms. The maximum Gasteiger partial charge on any atom is 0.0850 e. The molecule has 0 radical (unpaired) electrons. The molecule has 0 aromatic heterocycles. The summed E-state index contributed by atoms with van der Waals surface area (Å²) < 4.78 is 22.6. The van der Waals surface area contributed by atoms with E-state index in [1.54, 1.807) is 0 Å². The third-order valence-electron chi connectivity index (χ3n) is 7.20. The lowest BCUT2D eigenvalue weighted by Crippen LogP contribution is -2.34. The Bertz CT molecular complexity index is 1060. The number of rotatable bonds is 10. The maximum absolute atomic E-state index is 7.00. The number of anilines is 2. The van der Waals surface area contributed by atoms with Crippen LogP contribution in [0.1, 0.15) is 35.1 Å². The van der Waals surface area contributed by atoms with Gasteiger partial charge in [0.15, 0.2) is 0 Å². The molecule has 0 aliphatic carbocycles. The molecule has 0 saturated carbocycles. The lowest BCUT2D eigenvalue weighted by molar-refractivity contribution is 0.298. The maximum atomic E-state index is 7.00. The van der Waals surface area contributed by atoms with E-state index in [1.165, 1.54) is 5.56 Å². The second-order valence-electron chi connectivity index (χ2n) is 9.75. The Morgan fingerprint density at radius 1 is 0.818 bits per heavy atom. The van der Waals surface area contributed by atoms with Gasteiger partial charge in [-0.15, -0.1) is 0 Å². The van der Waals surface area contributed by atoms with Gasteiger partial charge in [-0.25, -0.2) is 0 Å². The van der Waals surface area contributed by atoms with Gasteiger partial charge in [-0.05, 0) is 47.2 Å². The minimum atomic E-state index is -0.402. The average molecular weight is 491 g/mol. The minimum absolute atomic E-state index is 0.167. The molecule has 4 fully saturated rings. The van der Waals surface area contributed by atoms with Crippen LogP contribution in [-0.4, -0.2) is 50.8 Å². The number of benzene rings is 2. The van der Waals surface area contributed by atoms with Crippen molar-refractivity contribution in [3.63, 3.8) is 0 Å². The van der Waals surface area contributed by atoms with Gasteiger partial charge in [0, 0.05) is 18.3 Å². The van der Waals surface area contributed by atoms with Crippen molar-refractivity contribution in [3.8, 4) is 0 Å². The highest BCUT2D eigenvalue weighted by Crippen LogP contribution is 2.50. The van der Waals surface area contributed by atoms with Crippen LogP contribution in [0.3, 0.4) is 0 Å². The van der Waals surface area contributed by atoms with Crippen molar-refractivity contribution in [1.29, 1.82) is 0 Å². The number of hydrogen-bond donors (Lipinski definition) is 2. The highest BCUT2D eigenvalue weighted by atomic mass is 35.5. The van der Waals surface area contributed by atoms with Gasteiger partial charge in [-0.1, -0.05) is 35.3 Å². The third-order valence-corrected chi connectivity index (χ3v) is 7.96. The van der Waals surface area contributed by atoms with Crippen molar-refractivity contribution in [3.05, 3.63) is 56.6 Å². The minimum Gasteiger partial charge on any atom is -0.398 e. The molecular formula is C25H28Cl2N2O4. The fourth-order valence-electron chi connectivity index (χ4n) is 5.07. The molecule has 2 aromatic rings. The van der Waals surface area contributed by atoms with Crippen LogP contribution in [0, 0.1) is 0 Å².